The van der Waals surface area contributed by atoms with Gasteiger partial charge in [-0.05, 0) is 43.3 Å². The summed E-state index contributed by atoms with van der Waals surface area (Å²) >= 11 is 7.35. The van der Waals surface area contributed by atoms with Crippen molar-refractivity contribution in [3.8, 4) is 0 Å². The van der Waals surface area contributed by atoms with Crippen LogP contribution in [-0.2, 0) is 11.3 Å². The summed E-state index contributed by atoms with van der Waals surface area (Å²) in [5, 5.41) is 0.932. The number of fused-ring (bicyclic) bond motifs is 1. The molecule has 0 radical (unpaired) electrons. The maximum Gasteiger partial charge on any atom is 0.258 e. The summed E-state index contributed by atoms with van der Waals surface area (Å²) in [5.41, 5.74) is 0.422. The minimum absolute atomic E-state index is 0.0410. The number of carbonyl (C=O) groups excluding carboxylic acids is 1. The molecule has 1 amide bonds. The van der Waals surface area contributed by atoms with Crippen molar-refractivity contribution in [2.45, 2.75) is 23.6 Å². The molecule has 3 aromatic rings. The van der Waals surface area contributed by atoms with Gasteiger partial charge in [-0.15, -0.1) is 11.8 Å². The number of thioether (sulfide) groups is 1. The average Bonchev–Trinajstić information content (AvgIpc) is 2.63. The molecule has 1 N–H and O–H groups in total. The average molecular weight is 388 g/mol. The topological polar surface area (TPSA) is 66.1 Å². The standard InChI is InChI=1S/C19H18ClN3O2S/c1-12(26-14-9-7-13(20)8-10-14)19(25)23(2)11-17-21-16-6-4-3-5-15(16)18(24)22-17/h3-10,12H,11H2,1-2H3,(H,21,22,24)/t12-/m1/s1. The van der Waals surface area contributed by atoms with Crippen LogP contribution >= 0.6 is 23.4 Å². The van der Waals surface area contributed by atoms with Crippen molar-refractivity contribution in [3.63, 3.8) is 0 Å². The molecule has 0 aliphatic rings. The van der Waals surface area contributed by atoms with E-state index in [9.17, 15) is 9.59 Å². The van der Waals surface area contributed by atoms with Crippen LogP contribution in [0, 0.1) is 0 Å². The van der Waals surface area contributed by atoms with E-state index in [2.05, 4.69) is 9.97 Å². The van der Waals surface area contributed by atoms with E-state index in [4.69, 9.17) is 11.6 Å². The van der Waals surface area contributed by atoms with Crippen LogP contribution in [0.3, 0.4) is 0 Å². The van der Waals surface area contributed by atoms with Crippen molar-refractivity contribution in [1.82, 2.24) is 14.9 Å². The molecule has 26 heavy (non-hydrogen) atoms. The van der Waals surface area contributed by atoms with E-state index in [1.165, 1.54) is 11.8 Å². The highest BCUT2D eigenvalue weighted by atomic mass is 35.5. The number of amides is 1. The highest BCUT2D eigenvalue weighted by Gasteiger charge is 2.19. The van der Waals surface area contributed by atoms with Gasteiger partial charge >= 0.3 is 0 Å². The van der Waals surface area contributed by atoms with Gasteiger partial charge in [0.05, 0.1) is 22.7 Å². The molecular weight excluding hydrogens is 370 g/mol. The summed E-state index contributed by atoms with van der Waals surface area (Å²) < 4.78 is 0. The normalized spacial score (nSPS) is 12.1. The van der Waals surface area contributed by atoms with E-state index >= 15 is 0 Å². The second-order valence-electron chi connectivity index (χ2n) is 5.94. The van der Waals surface area contributed by atoms with Crippen LogP contribution in [0.4, 0.5) is 0 Å². The van der Waals surface area contributed by atoms with E-state index in [0.717, 1.165) is 4.90 Å². The van der Waals surface area contributed by atoms with Gasteiger partial charge in [0.15, 0.2) is 0 Å². The third-order valence-corrected chi connectivity index (χ3v) is 5.25. The molecule has 1 aromatic heterocycles. The summed E-state index contributed by atoms with van der Waals surface area (Å²) in [4.78, 5) is 34.5. The first-order chi connectivity index (χ1) is 12.4. The molecule has 2 aromatic carbocycles. The molecule has 5 nitrogen and oxygen atoms in total. The second kappa shape index (κ2) is 7.93. The number of carbonyl (C=O) groups is 1. The second-order valence-corrected chi connectivity index (χ2v) is 7.79. The zero-order chi connectivity index (χ0) is 18.7. The van der Waals surface area contributed by atoms with Crippen LogP contribution in [0.2, 0.25) is 5.02 Å². The number of rotatable bonds is 5. The zero-order valence-electron chi connectivity index (χ0n) is 14.4. The third kappa shape index (κ3) is 4.26. The summed E-state index contributed by atoms with van der Waals surface area (Å²) in [7, 11) is 1.70. The van der Waals surface area contributed by atoms with Crippen LogP contribution in [0.5, 0.6) is 0 Å². The number of para-hydroxylation sites is 1. The molecule has 0 spiro atoms. The lowest BCUT2D eigenvalue weighted by Crippen LogP contribution is -2.33. The highest BCUT2D eigenvalue weighted by Crippen LogP contribution is 2.25. The Balaban J connectivity index is 1.70. The predicted molar refractivity (Wildman–Crippen MR) is 106 cm³/mol. The number of halogens is 1. The highest BCUT2D eigenvalue weighted by molar-refractivity contribution is 8.00. The van der Waals surface area contributed by atoms with E-state index in [0.29, 0.717) is 21.7 Å². The fraction of sp³-hybridized carbons (Fsp3) is 0.211. The van der Waals surface area contributed by atoms with Gasteiger partial charge in [0.1, 0.15) is 5.82 Å². The first-order valence-corrected chi connectivity index (χ1v) is 9.35. The van der Waals surface area contributed by atoms with Crippen molar-refractivity contribution in [1.29, 1.82) is 0 Å². The fourth-order valence-corrected chi connectivity index (χ4v) is 3.70. The number of nitrogens with one attached hydrogen (secondary N) is 1. The van der Waals surface area contributed by atoms with Gasteiger partial charge < -0.3 is 9.88 Å². The zero-order valence-corrected chi connectivity index (χ0v) is 16.0. The lowest BCUT2D eigenvalue weighted by molar-refractivity contribution is -0.129. The maximum absolute atomic E-state index is 12.6. The number of H-pyrrole nitrogens is 1. The van der Waals surface area contributed by atoms with Gasteiger partial charge in [0.2, 0.25) is 5.91 Å². The summed E-state index contributed by atoms with van der Waals surface area (Å²) in [6.45, 7) is 2.10. The Morgan fingerprint density at radius 3 is 2.65 bits per heavy atom. The van der Waals surface area contributed by atoms with Crippen molar-refractivity contribution in [2.24, 2.45) is 0 Å². The molecule has 0 aliphatic heterocycles. The number of hydrogen-bond acceptors (Lipinski definition) is 4. The minimum Gasteiger partial charge on any atom is -0.337 e. The van der Waals surface area contributed by atoms with E-state index in [-0.39, 0.29) is 23.3 Å². The van der Waals surface area contributed by atoms with Gasteiger partial charge in [-0.2, -0.15) is 0 Å². The van der Waals surface area contributed by atoms with Crippen molar-refractivity contribution in [3.05, 3.63) is 69.7 Å². The molecular formula is C19H18ClN3O2S. The van der Waals surface area contributed by atoms with Gasteiger partial charge in [-0.1, -0.05) is 23.7 Å². The Morgan fingerprint density at radius 1 is 1.23 bits per heavy atom. The largest absolute Gasteiger partial charge is 0.337 e. The molecule has 7 heteroatoms. The van der Waals surface area contributed by atoms with Gasteiger partial charge in [0.25, 0.3) is 5.56 Å². The van der Waals surface area contributed by atoms with E-state index < -0.39 is 0 Å². The third-order valence-electron chi connectivity index (χ3n) is 3.90. The molecule has 3 rings (SSSR count). The maximum atomic E-state index is 12.6. The molecule has 0 fully saturated rings. The molecule has 0 bridgehead atoms. The SMILES string of the molecule is C[C@@H](Sc1ccc(Cl)cc1)C(=O)N(C)Cc1nc2ccccc2c(=O)[nH]1. The Morgan fingerprint density at radius 2 is 1.92 bits per heavy atom. The summed E-state index contributed by atoms with van der Waals surface area (Å²) in [6, 6.07) is 14.5. The summed E-state index contributed by atoms with van der Waals surface area (Å²) in [5.74, 6) is 0.425. The quantitative estimate of drug-likeness (QED) is 0.677. The van der Waals surface area contributed by atoms with Crippen molar-refractivity contribution in [2.75, 3.05) is 7.05 Å². The van der Waals surface area contributed by atoms with Crippen molar-refractivity contribution >= 4 is 40.2 Å². The van der Waals surface area contributed by atoms with Gasteiger partial charge in [-0.3, -0.25) is 9.59 Å². The lowest BCUT2D eigenvalue weighted by atomic mass is 10.2. The molecule has 0 unspecified atom stereocenters. The molecule has 134 valence electrons. The molecule has 0 aliphatic carbocycles. The number of hydrogen-bond donors (Lipinski definition) is 1. The van der Waals surface area contributed by atoms with Crippen LogP contribution in [-0.4, -0.2) is 33.1 Å². The number of aromatic amines is 1. The fourth-order valence-electron chi connectivity index (χ4n) is 2.59. The van der Waals surface area contributed by atoms with E-state index in [1.54, 1.807) is 42.3 Å². The Labute approximate surface area is 160 Å². The van der Waals surface area contributed by atoms with Crippen LogP contribution in [0.15, 0.2) is 58.2 Å². The Bertz CT molecular complexity index is 988. The number of nitrogens with zero attached hydrogens (tertiary/aromatic N) is 2. The van der Waals surface area contributed by atoms with Crippen LogP contribution in [0.1, 0.15) is 12.7 Å². The molecule has 1 atom stereocenters. The smallest absolute Gasteiger partial charge is 0.258 e. The molecule has 0 saturated carbocycles. The number of benzene rings is 2. The minimum atomic E-state index is -0.270. The Kier molecular flexibility index (Phi) is 5.64. The Hall–Kier alpha value is -2.31. The van der Waals surface area contributed by atoms with Gasteiger partial charge in [-0.25, -0.2) is 4.98 Å². The monoisotopic (exact) mass is 387 g/mol. The number of aromatic nitrogens is 2. The first-order valence-electron chi connectivity index (χ1n) is 8.09. The molecule has 0 saturated heterocycles. The van der Waals surface area contributed by atoms with Crippen LogP contribution in [0.25, 0.3) is 10.9 Å². The molecule has 1 heterocycles. The summed E-state index contributed by atoms with van der Waals surface area (Å²) in [6.07, 6.45) is 0. The lowest BCUT2D eigenvalue weighted by Gasteiger charge is -2.20. The first kappa shape index (κ1) is 18.5. The van der Waals surface area contributed by atoms with Gasteiger partial charge in [0, 0.05) is 17.0 Å². The van der Waals surface area contributed by atoms with Crippen LogP contribution < -0.4 is 5.56 Å². The predicted octanol–water partition coefficient (Wildman–Crippen LogP) is 3.72. The van der Waals surface area contributed by atoms with Crippen molar-refractivity contribution < 1.29 is 4.79 Å². The van der Waals surface area contributed by atoms with E-state index in [1.807, 2.05) is 25.1 Å².